The van der Waals surface area contributed by atoms with Crippen LogP contribution in [0.1, 0.15) is 56.3 Å². The summed E-state index contributed by atoms with van der Waals surface area (Å²) in [6, 6.07) is 11.3. The van der Waals surface area contributed by atoms with Crippen molar-refractivity contribution in [3.8, 4) is 5.75 Å². The number of carbonyl (C=O) groups excluding carboxylic acids is 1. The minimum Gasteiger partial charge on any atom is -0.505 e. The third-order valence-electron chi connectivity index (χ3n) is 5.13. The van der Waals surface area contributed by atoms with Crippen molar-refractivity contribution in [2.75, 3.05) is 0 Å². The number of nitrogens with zero attached hydrogens (tertiary/aromatic N) is 2. The highest BCUT2D eigenvalue weighted by Crippen LogP contribution is 2.39. The molecule has 0 radical (unpaired) electrons. The number of phenols is 1. The molecule has 2 N–H and O–H groups in total. The number of aromatic hydroxyl groups is 1. The zero-order valence-corrected chi connectivity index (χ0v) is 17.4. The van der Waals surface area contributed by atoms with Crippen molar-refractivity contribution >= 4 is 22.5 Å². The van der Waals surface area contributed by atoms with E-state index in [1.807, 2.05) is 24.3 Å². The van der Waals surface area contributed by atoms with Crippen molar-refractivity contribution in [2.24, 2.45) is 5.92 Å². The monoisotopic (exact) mass is 407 g/mol. The van der Waals surface area contributed by atoms with Crippen LogP contribution in [-0.4, -0.2) is 20.9 Å². The molecule has 2 aromatic carbocycles. The topological polar surface area (TPSA) is 105 Å². The Morgan fingerprint density at radius 2 is 1.73 bits per heavy atom. The molecule has 0 unspecified atom stereocenters. The minimum atomic E-state index is -0.758. The predicted octanol–water partition coefficient (Wildman–Crippen LogP) is 4.83. The van der Waals surface area contributed by atoms with E-state index in [0.29, 0.717) is 11.5 Å². The Kier molecular flexibility index (Phi) is 6.01. The standard InChI is InChI=1S/C23H25N3O4/c1-13(2)15-7-9-16(10-8-15)20(25-23(28)14(3)4)18-12-19(26(29)30)17-6-5-11-24-21(17)22(18)27/h5-14,20,27H,1-4H3,(H,25,28)/t20-/m0/s1. The number of fused-ring (bicyclic) bond motifs is 1. The largest absolute Gasteiger partial charge is 0.505 e. The molecule has 0 fully saturated rings. The highest BCUT2D eigenvalue weighted by Gasteiger charge is 2.27. The molecule has 0 saturated heterocycles. The zero-order chi connectivity index (χ0) is 22.0. The van der Waals surface area contributed by atoms with Crippen molar-refractivity contribution in [3.05, 3.63) is 75.5 Å². The van der Waals surface area contributed by atoms with Gasteiger partial charge in [-0.25, -0.2) is 0 Å². The van der Waals surface area contributed by atoms with Crippen molar-refractivity contribution in [1.82, 2.24) is 10.3 Å². The molecule has 0 aliphatic rings. The Labute approximate surface area is 174 Å². The number of amides is 1. The fraction of sp³-hybridized carbons (Fsp3) is 0.304. The number of phenolic OH excluding ortho intramolecular Hbond substituents is 1. The fourth-order valence-electron chi connectivity index (χ4n) is 3.32. The van der Waals surface area contributed by atoms with Crippen molar-refractivity contribution < 1.29 is 14.8 Å². The predicted molar refractivity (Wildman–Crippen MR) is 115 cm³/mol. The van der Waals surface area contributed by atoms with Gasteiger partial charge in [-0.15, -0.1) is 0 Å². The van der Waals surface area contributed by atoms with Crippen LogP contribution in [-0.2, 0) is 4.79 Å². The molecule has 30 heavy (non-hydrogen) atoms. The molecular formula is C23H25N3O4. The number of pyridine rings is 1. The summed E-state index contributed by atoms with van der Waals surface area (Å²) in [5, 5.41) is 25.8. The number of aromatic nitrogens is 1. The molecule has 3 aromatic rings. The average molecular weight is 407 g/mol. The maximum atomic E-state index is 12.5. The van der Waals surface area contributed by atoms with E-state index in [-0.39, 0.29) is 39.7 Å². The highest BCUT2D eigenvalue weighted by atomic mass is 16.6. The molecule has 156 valence electrons. The lowest BCUT2D eigenvalue weighted by Gasteiger charge is -2.23. The first kappa shape index (κ1) is 21.2. The van der Waals surface area contributed by atoms with Gasteiger partial charge in [0.15, 0.2) is 0 Å². The van der Waals surface area contributed by atoms with Gasteiger partial charge in [0.2, 0.25) is 5.91 Å². The zero-order valence-electron chi connectivity index (χ0n) is 17.4. The van der Waals surface area contributed by atoms with E-state index in [1.54, 1.807) is 26.0 Å². The maximum absolute atomic E-state index is 12.5. The summed E-state index contributed by atoms with van der Waals surface area (Å²) < 4.78 is 0. The summed E-state index contributed by atoms with van der Waals surface area (Å²) in [6.07, 6.45) is 1.47. The third-order valence-corrected chi connectivity index (χ3v) is 5.13. The van der Waals surface area contributed by atoms with Crippen molar-refractivity contribution in [3.63, 3.8) is 0 Å². The van der Waals surface area contributed by atoms with Gasteiger partial charge in [-0.3, -0.25) is 19.9 Å². The Morgan fingerprint density at radius 3 is 2.30 bits per heavy atom. The van der Waals surface area contributed by atoms with Gasteiger partial charge in [-0.1, -0.05) is 52.0 Å². The lowest BCUT2D eigenvalue weighted by Crippen LogP contribution is -2.32. The Balaban J connectivity index is 2.22. The van der Waals surface area contributed by atoms with E-state index < -0.39 is 11.0 Å². The number of benzene rings is 2. The van der Waals surface area contributed by atoms with Gasteiger partial charge in [-0.2, -0.15) is 0 Å². The van der Waals surface area contributed by atoms with Crippen LogP contribution in [0, 0.1) is 16.0 Å². The first-order chi connectivity index (χ1) is 14.2. The van der Waals surface area contributed by atoms with E-state index in [4.69, 9.17) is 0 Å². The van der Waals surface area contributed by atoms with Crippen LogP contribution in [0.15, 0.2) is 48.7 Å². The lowest BCUT2D eigenvalue weighted by atomic mass is 9.93. The summed E-state index contributed by atoms with van der Waals surface area (Å²) in [5.74, 6) is -0.366. The molecule has 0 spiro atoms. The van der Waals surface area contributed by atoms with E-state index in [2.05, 4.69) is 24.1 Å². The second-order valence-corrected chi connectivity index (χ2v) is 7.91. The molecule has 7 heteroatoms. The van der Waals surface area contributed by atoms with E-state index in [0.717, 1.165) is 5.56 Å². The molecule has 1 heterocycles. The van der Waals surface area contributed by atoms with E-state index >= 15 is 0 Å². The van der Waals surface area contributed by atoms with Gasteiger partial charge in [0.1, 0.15) is 11.3 Å². The van der Waals surface area contributed by atoms with Crippen molar-refractivity contribution in [2.45, 2.75) is 39.7 Å². The molecule has 3 rings (SSSR count). The first-order valence-electron chi connectivity index (χ1n) is 9.86. The van der Waals surface area contributed by atoms with Crippen molar-refractivity contribution in [1.29, 1.82) is 0 Å². The quantitative estimate of drug-likeness (QED) is 0.449. The smallest absolute Gasteiger partial charge is 0.279 e. The Hall–Kier alpha value is -3.48. The molecular weight excluding hydrogens is 382 g/mol. The van der Waals surface area contributed by atoms with E-state index in [9.17, 15) is 20.0 Å². The Bertz CT molecular complexity index is 1090. The van der Waals surface area contributed by atoms with Gasteiger partial charge in [0.05, 0.1) is 16.4 Å². The lowest BCUT2D eigenvalue weighted by molar-refractivity contribution is -0.383. The van der Waals surface area contributed by atoms with Crippen LogP contribution >= 0.6 is 0 Å². The number of nitrogens with one attached hydrogen (secondary N) is 1. The van der Waals surface area contributed by atoms with Crippen LogP contribution in [0.5, 0.6) is 5.75 Å². The number of rotatable bonds is 6. The van der Waals surface area contributed by atoms with Gasteiger partial charge in [-0.05, 0) is 29.2 Å². The summed E-state index contributed by atoms with van der Waals surface area (Å²) in [6.45, 7) is 7.69. The van der Waals surface area contributed by atoms with Crippen LogP contribution in [0.25, 0.3) is 10.9 Å². The normalized spacial score (nSPS) is 12.3. The summed E-state index contributed by atoms with van der Waals surface area (Å²) >= 11 is 0. The van der Waals surface area contributed by atoms with Gasteiger partial charge < -0.3 is 10.4 Å². The molecule has 0 aliphatic heterocycles. The highest BCUT2D eigenvalue weighted by molar-refractivity contribution is 5.94. The summed E-state index contributed by atoms with van der Waals surface area (Å²) in [5.41, 5.74) is 2.04. The Morgan fingerprint density at radius 1 is 1.10 bits per heavy atom. The van der Waals surface area contributed by atoms with Gasteiger partial charge >= 0.3 is 0 Å². The van der Waals surface area contributed by atoms with Gasteiger partial charge in [0.25, 0.3) is 5.69 Å². The molecule has 1 amide bonds. The molecule has 1 aromatic heterocycles. The first-order valence-corrected chi connectivity index (χ1v) is 9.86. The number of nitro groups is 1. The summed E-state index contributed by atoms with van der Waals surface area (Å²) in [4.78, 5) is 27.9. The average Bonchev–Trinajstić information content (AvgIpc) is 2.72. The van der Waals surface area contributed by atoms with Crippen LogP contribution in [0.2, 0.25) is 0 Å². The molecule has 0 saturated carbocycles. The van der Waals surface area contributed by atoms with E-state index in [1.165, 1.54) is 12.3 Å². The third kappa shape index (κ3) is 4.10. The van der Waals surface area contributed by atoms with Crippen LogP contribution in [0.4, 0.5) is 5.69 Å². The molecule has 1 atom stereocenters. The minimum absolute atomic E-state index is 0.129. The van der Waals surface area contributed by atoms with Crippen LogP contribution < -0.4 is 5.32 Å². The number of hydrogen-bond donors (Lipinski definition) is 2. The maximum Gasteiger partial charge on any atom is 0.279 e. The number of nitro benzene ring substituents is 1. The number of hydrogen-bond acceptors (Lipinski definition) is 5. The number of carbonyl (C=O) groups is 1. The second kappa shape index (κ2) is 8.49. The molecule has 0 bridgehead atoms. The molecule has 7 nitrogen and oxygen atoms in total. The fourth-order valence-corrected chi connectivity index (χ4v) is 3.32. The summed E-state index contributed by atoms with van der Waals surface area (Å²) in [7, 11) is 0. The SMILES string of the molecule is CC(C)C(=O)N[C@@H](c1ccc(C(C)C)cc1)c1cc([N+](=O)[O-])c2cccnc2c1O. The molecule has 0 aliphatic carbocycles. The van der Waals surface area contributed by atoms with Gasteiger partial charge in [0, 0.05) is 23.7 Å². The second-order valence-electron chi connectivity index (χ2n) is 7.91. The van der Waals surface area contributed by atoms with Crippen LogP contribution in [0.3, 0.4) is 0 Å². The number of non-ortho nitro benzene ring substituents is 1.